The van der Waals surface area contributed by atoms with Gasteiger partial charge in [-0.3, -0.25) is 4.79 Å². The molecule has 2 N–H and O–H groups in total. The Bertz CT molecular complexity index is 487. The molecule has 0 spiro atoms. The minimum Gasteiger partial charge on any atom is -0.398 e. The van der Waals surface area contributed by atoms with Crippen molar-refractivity contribution >= 4 is 27.5 Å². The largest absolute Gasteiger partial charge is 0.398 e. The topological polar surface area (TPSA) is 46.3 Å². The van der Waals surface area contributed by atoms with Gasteiger partial charge in [0.05, 0.1) is 0 Å². The number of carbonyl (C=O) groups is 1. The van der Waals surface area contributed by atoms with Crippen molar-refractivity contribution in [3.05, 3.63) is 28.2 Å². The Hall–Kier alpha value is -1.03. The number of benzene rings is 1. The highest BCUT2D eigenvalue weighted by Crippen LogP contribution is 2.38. The van der Waals surface area contributed by atoms with Crippen LogP contribution in [0, 0.1) is 5.41 Å². The molecule has 0 atom stereocenters. The van der Waals surface area contributed by atoms with Crippen molar-refractivity contribution in [2.24, 2.45) is 5.41 Å². The number of anilines is 1. The zero-order chi connectivity index (χ0) is 14.8. The Balaban J connectivity index is 2.06. The highest BCUT2D eigenvalue weighted by molar-refractivity contribution is 9.10. The van der Waals surface area contributed by atoms with Crippen LogP contribution in [0.15, 0.2) is 22.7 Å². The van der Waals surface area contributed by atoms with Crippen LogP contribution in [0.3, 0.4) is 0 Å². The number of piperidine rings is 1. The third-order valence-electron chi connectivity index (χ3n) is 4.85. The fourth-order valence-corrected chi connectivity index (χ4v) is 3.25. The summed E-state index contributed by atoms with van der Waals surface area (Å²) in [6.07, 6.45) is 4.63. The Kier molecular flexibility index (Phi) is 4.74. The predicted octanol–water partition coefficient (Wildman–Crippen LogP) is 4.07. The molecule has 4 heteroatoms. The van der Waals surface area contributed by atoms with Crippen LogP contribution in [-0.4, -0.2) is 23.9 Å². The molecule has 0 bridgehead atoms. The number of halogens is 1. The van der Waals surface area contributed by atoms with Crippen molar-refractivity contribution < 1.29 is 4.79 Å². The molecule has 1 saturated heterocycles. The number of hydrogen-bond acceptors (Lipinski definition) is 2. The molecule has 1 fully saturated rings. The summed E-state index contributed by atoms with van der Waals surface area (Å²) in [6.45, 7) is 6.24. The van der Waals surface area contributed by atoms with E-state index in [-0.39, 0.29) is 5.91 Å². The van der Waals surface area contributed by atoms with E-state index in [2.05, 4.69) is 29.8 Å². The van der Waals surface area contributed by atoms with Gasteiger partial charge < -0.3 is 10.6 Å². The molecule has 0 saturated carbocycles. The minimum absolute atomic E-state index is 0.102. The first-order chi connectivity index (χ1) is 9.51. The second kappa shape index (κ2) is 6.17. The van der Waals surface area contributed by atoms with Crippen LogP contribution in [0.2, 0.25) is 0 Å². The van der Waals surface area contributed by atoms with Gasteiger partial charge in [-0.15, -0.1) is 0 Å². The van der Waals surface area contributed by atoms with Crippen molar-refractivity contribution in [2.45, 2.75) is 39.5 Å². The van der Waals surface area contributed by atoms with Gasteiger partial charge in [0.1, 0.15) is 0 Å². The number of nitrogens with two attached hydrogens (primary N) is 1. The van der Waals surface area contributed by atoms with Gasteiger partial charge >= 0.3 is 0 Å². The zero-order valence-corrected chi connectivity index (χ0v) is 13.9. The normalized spacial score (nSPS) is 18.1. The van der Waals surface area contributed by atoms with E-state index >= 15 is 0 Å². The van der Waals surface area contributed by atoms with Crippen molar-refractivity contribution in [1.29, 1.82) is 0 Å². The van der Waals surface area contributed by atoms with Crippen LogP contribution < -0.4 is 5.73 Å². The van der Waals surface area contributed by atoms with E-state index in [0.29, 0.717) is 16.7 Å². The first kappa shape index (κ1) is 15.4. The third-order valence-corrected chi connectivity index (χ3v) is 5.58. The molecule has 110 valence electrons. The van der Waals surface area contributed by atoms with Crippen molar-refractivity contribution in [3.63, 3.8) is 0 Å². The fourth-order valence-electron chi connectivity index (χ4n) is 3.00. The lowest BCUT2D eigenvalue weighted by atomic mass is 9.74. The molecule has 20 heavy (non-hydrogen) atoms. The molecule has 0 aliphatic carbocycles. The van der Waals surface area contributed by atoms with Crippen LogP contribution in [0.4, 0.5) is 5.69 Å². The summed E-state index contributed by atoms with van der Waals surface area (Å²) in [4.78, 5) is 14.5. The van der Waals surface area contributed by atoms with Crippen molar-refractivity contribution in [2.75, 3.05) is 18.8 Å². The molecule has 1 aromatic carbocycles. The van der Waals surface area contributed by atoms with Gasteiger partial charge in [0.2, 0.25) is 0 Å². The number of nitrogen functional groups attached to an aromatic ring is 1. The van der Waals surface area contributed by atoms with Gasteiger partial charge in [0.25, 0.3) is 5.91 Å². The second-order valence-electron chi connectivity index (χ2n) is 5.74. The summed E-state index contributed by atoms with van der Waals surface area (Å²) < 4.78 is 0.837. The van der Waals surface area contributed by atoms with Crippen LogP contribution in [-0.2, 0) is 0 Å². The molecule has 3 nitrogen and oxygen atoms in total. The number of rotatable bonds is 3. The highest BCUT2D eigenvalue weighted by Gasteiger charge is 2.33. The van der Waals surface area contributed by atoms with Gasteiger partial charge in [0, 0.05) is 28.8 Å². The molecule has 1 aliphatic heterocycles. The molecule has 0 unspecified atom stereocenters. The lowest BCUT2D eigenvalue weighted by Crippen LogP contribution is -2.42. The fraction of sp³-hybridized carbons (Fsp3) is 0.562. The summed E-state index contributed by atoms with van der Waals surface area (Å²) in [6, 6.07) is 5.44. The van der Waals surface area contributed by atoms with E-state index in [1.54, 1.807) is 6.07 Å². The highest BCUT2D eigenvalue weighted by atomic mass is 79.9. The molecule has 1 aliphatic rings. The number of carbonyl (C=O) groups excluding carboxylic acids is 1. The van der Waals surface area contributed by atoms with E-state index in [1.165, 1.54) is 12.8 Å². The molecule has 1 amide bonds. The molecular formula is C16H23BrN2O. The van der Waals surface area contributed by atoms with Gasteiger partial charge in [-0.25, -0.2) is 0 Å². The molecule has 0 radical (unpaired) electrons. The Labute approximate surface area is 129 Å². The summed E-state index contributed by atoms with van der Waals surface area (Å²) >= 11 is 3.36. The van der Waals surface area contributed by atoms with Crippen molar-refractivity contribution in [3.8, 4) is 0 Å². The first-order valence-corrected chi connectivity index (χ1v) is 8.15. The average Bonchev–Trinajstić information content (AvgIpc) is 2.49. The van der Waals surface area contributed by atoms with Gasteiger partial charge in [-0.2, -0.15) is 0 Å². The monoisotopic (exact) mass is 338 g/mol. The SMILES string of the molecule is CCC1(CC)CCN(C(=O)c2ccc(Br)c(N)c2)CC1. The number of likely N-dealkylation sites (tertiary alicyclic amines) is 1. The van der Waals surface area contributed by atoms with Crippen LogP contribution >= 0.6 is 15.9 Å². The van der Waals surface area contributed by atoms with Gasteiger partial charge in [-0.05, 0) is 52.4 Å². The molecule has 2 rings (SSSR count). The van der Waals surface area contributed by atoms with E-state index in [1.807, 2.05) is 17.0 Å². The smallest absolute Gasteiger partial charge is 0.253 e. The second-order valence-corrected chi connectivity index (χ2v) is 6.59. The molecular weight excluding hydrogens is 316 g/mol. The Morgan fingerprint density at radius 3 is 2.40 bits per heavy atom. The van der Waals surface area contributed by atoms with E-state index in [4.69, 9.17) is 5.73 Å². The maximum Gasteiger partial charge on any atom is 0.253 e. The van der Waals surface area contributed by atoms with Gasteiger partial charge in [0.15, 0.2) is 0 Å². The minimum atomic E-state index is 0.102. The molecule has 0 aromatic heterocycles. The maximum absolute atomic E-state index is 12.5. The summed E-state index contributed by atoms with van der Waals surface area (Å²) in [5.41, 5.74) is 7.60. The quantitative estimate of drug-likeness (QED) is 0.844. The number of hydrogen-bond donors (Lipinski definition) is 1. The summed E-state index contributed by atoms with van der Waals surface area (Å²) in [5, 5.41) is 0. The van der Waals surface area contributed by atoms with Crippen molar-refractivity contribution in [1.82, 2.24) is 4.90 Å². The molecule has 1 heterocycles. The third kappa shape index (κ3) is 3.00. The summed E-state index contributed by atoms with van der Waals surface area (Å²) in [7, 11) is 0. The van der Waals surface area contributed by atoms with Crippen LogP contribution in [0.25, 0.3) is 0 Å². The van der Waals surface area contributed by atoms with E-state index in [9.17, 15) is 4.79 Å². The Morgan fingerprint density at radius 2 is 1.90 bits per heavy atom. The maximum atomic E-state index is 12.5. The predicted molar refractivity (Wildman–Crippen MR) is 86.7 cm³/mol. The van der Waals surface area contributed by atoms with E-state index in [0.717, 1.165) is 30.4 Å². The average molecular weight is 339 g/mol. The van der Waals surface area contributed by atoms with E-state index < -0.39 is 0 Å². The lowest BCUT2D eigenvalue weighted by molar-refractivity contribution is 0.0558. The van der Waals surface area contributed by atoms with Crippen LogP contribution in [0.5, 0.6) is 0 Å². The number of amides is 1. The van der Waals surface area contributed by atoms with Crippen LogP contribution in [0.1, 0.15) is 49.9 Å². The standard InChI is InChI=1S/C16H23BrN2O/c1-3-16(4-2)7-9-19(10-8-16)15(20)12-5-6-13(17)14(18)11-12/h5-6,11H,3-4,7-10,18H2,1-2H3. The first-order valence-electron chi connectivity index (χ1n) is 7.35. The Morgan fingerprint density at radius 1 is 1.30 bits per heavy atom. The van der Waals surface area contributed by atoms with Gasteiger partial charge in [-0.1, -0.05) is 26.7 Å². The summed E-state index contributed by atoms with van der Waals surface area (Å²) in [5.74, 6) is 0.102. The molecule has 1 aromatic rings. The zero-order valence-electron chi connectivity index (χ0n) is 12.3. The lowest BCUT2D eigenvalue weighted by Gasteiger charge is -2.41. The number of nitrogens with zero attached hydrogens (tertiary/aromatic N) is 1.